The molecule has 3 rings (SSSR count). The molecular formula is C12H20O6. The molecule has 0 radical (unpaired) electrons. The van der Waals surface area contributed by atoms with E-state index in [-0.39, 0.29) is 18.8 Å². The molecule has 0 aromatic rings. The molecule has 104 valence electrons. The normalized spacial score (nSPS) is 48.8. The monoisotopic (exact) mass is 260 g/mol. The first-order chi connectivity index (χ1) is 8.27. The quantitative estimate of drug-likeness (QED) is 0.735. The third-order valence-electron chi connectivity index (χ3n) is 3.51. The van der Waals surface area contributed by atoms with Crippen LogP contribution in [0.1, 0.15) is 27.7 Å². The molecule has 0 bridgehead atoms. The Morgan fingerprint density at radius 2 is 1.78 bits per heavy atom. The Hall–Kier alpha value is -0.240. The summed E-state index contributed by atoms with van der Waals surface area (Å²) >= 11 is 0. The zero-order chi connectivity index (χ0) is 13.2. The van der Waals surface area contributed by atoms with Gasteiger partial charge in [-0.15, -0.1) is 0 Å². The largest absolute Gasteiger partial charge is 0.391 e. The van der Waals surface area contributed by atoms with Crippen molar-refractivity contribution >= 4 is 0 Å². The van der Waals surface area contributed by atoms with Crippen LogP contribution in [0.15, 0.2) is 0 Å². The maximum absolute atomic E-state index is 9.61. The molecular weight excluding hydrogens is 240 g/mol. The van der Waals surface area contributed by atoms with Gasteiger partial charge in [0.05, 0.1) is 6.61 Å². The van der Waals surface area contributed by atoms with Crippen molar-refractivity contribution in [1.29, 1.82) is 0 Å². The van der Waals surface area contributed by atoms with Crippen LogP contribution in [0.4, 0.5) is 0 Å². The lowest BCUT2D eigenvalue weighted by molar-refractivity contribution is -0.330. The van der Waals surface area contributed by atoms with Crippen LogP contribution in [0.3, 0.4) is 0 Å². The van der Waals surface area contributed by atoms with Crippen LogP contribution in [-0.4, -0.2) is 54.0 Å². The van der Waals surface area contributed by atoms with Gasteiger partial charge < -0.3 is 28.8 Å². The number of rotatable bonds is 1. The minimum Gasteiger partial charge on any atom is -0.391 e. The lowest BCUT2D eigenvalue weighted by Gasteiger charge is -2.38. The molecule has 18 heavy (non-hydrogen) atoms. The lowest BCUT2D eigenvalue weighted by atomic mass is 10.0. The number of ether oxygens (including phenoxy) is 5. The molecule has 0 unspecified atom stereocenters. The molecule has 0 spiro atoms. The van der Waals surface area contributed by atoms with Crippen molar-refractivity contribution in [3.05, 3.63) is 0 Å². The molecule has 3 aliphatic heterocycles. The number of fused-ring (bicyclic) bond motifs is 3. The summed E-state index contributed by atoms with van der Waals surface area (Å²) in [7, 11) is 0. The van der Waals surface area contributed by atoms with E-state index < -0.39 is 23.5 Å². The van der Waals surface area contributed by atoms with Crippen molar-refractivity contribution in [2.75, 3.05) is 13.2 Å². The third kappa shape index (κ3) is 1.79. The predicted octanol–water partition coefficient (Wildman–Crippen LogP) is 0.377. The van der Waals surface area contributed by atoms with Gasteiger partial charge in [-0.05, 0) is 27.7 Å². The van der Waals surface area contributed by atoms with E-state index in [0.29, 0.717) is 6.61 Å². The van der Waals surface area contributed by atoms with Gasteiger partial charge in [0, 0.05) is 0 Å². The van der Waals surface area contributed by atoms with Gasteiger partial charge in [-0.3, -0.25) is 0 Å². The number of hydrogen-bond donors (Lipinski definition) is 1. The molecule has 0 saturated carbocycles. The summed E-state index contributed by atoms with van der Waals surface area (Å²) in [5.41, 5.74) is 0. The molecule has 0 aromatic heterocycles. The number of aliphatic hydroxyl groups is 1. The van der Waals surface area contributed by atoms with Gasteiger partial charge >= 0.3 is 0 Å². The molecule has 0 amide bonds. The van der Waals surface area contributed by atoms with E-state index in [2.05, 4.69) is 0 Å². The van der Waals surface area contributed by atoms with Crippen LogP contribution < -0.4 is 0 Å². The van der Waals surface area contributed by atoms with Gasteiger partial charge in [-0.25, -0.2) is 0 Å². The fourth-order valence-electron chi connectivity index (χ4n) is 2.89. The third-order valence-corrected chi connectivity index (χ3v) is 3.51. The second-order valence-electron chi connectivity index (χ2n) is 5.96. The van der Waals surface area contributed by atoms with Gasteiger partial charge in [-0.2, -0.15) is 0 Å². The summed E-state index contributed by atoms with van der Waals surface area (Å²) < 4.78 is 28.8. The molecule has 4 atom stereocenters. The Morgan fingerprint density at radius 3 is 2.44 bits per heavy atom. The van der Waals surface area contributed by atoms with Crippen LogP contribution in [0.25, 0.3) is 0 Å². The zero-order valence-electron chi connectivity index (χ0n) is 11.1. The lowest BCUT2D eigenvalue weighted by Crippen LogP contribution is -2.51. The second-order valence-corrected chi connectivity index (χ2v) is 5.96. The molecule has 0 aromatic carbocycles. The second kappa shape index (κ2) is 3.65. The van der Waals surface area contributed by atoms with Crippen LogP contribution in [0.5, 0.6) is 0 Å². The predicted molar refractivity (Wildman–Crippen MR) is 59.6 cm³/mol. The fourth-order valence-corrected chi connectivity index (χ4v) is 2.89. The summed E-state index contributed by atoms with van der Waals surface area (Å²) in [6.45, 7) is 7.43. The van der Waals surface area contributed by atoms with Gasteiger partial charge in [0.2, 0.25) is 5.79 Å². The minimum atomic E-state index is -1.14. The average molecular weight is 260 g/mol. The average Bonchev–Trinajstić information content (AvgIpc) is 2.66. The Kier molecular flexibility index (Phi) is 2.59. The molecule has 3 aliphatic rings. The SMILES string of the molecule is CC1(C)OC[C@@H]2O[C@@]3(CO)OC(C)(C)O[C@@H]3[C@@H]2O1. The van der Waals surface area contributed by atoms with Crippen molar-refractivity contribution in [3.8, 4) is 0 Å². The van der Waals surface area contributed by atoms with Gasteiger partial charge in [0.25, 0.3) is 0 Å². The summed E-state index contributed by atoms with van der Waals surface area (Å²) in [6.07, 6.45) is -1.00. The molecule has 3 fully saturated rings. The zero-order valence-corrected chi connectivity index (χ0v) is 11.1. The van der Waals surface area contributed by atoms with E-state index in [0.717, 1.165) is 0 Å². The van der Waals surface area contributed by atoms with E-state index in [9.17, 15) is 5.11 Å². The van der Waals surface area contributed by atoms with Crippen molar-refractivity contribution in [2.45, 2.75) is 63.4 Å². The van der Waals surface area contributed by atoms with Crippen molar-refractivity contribution in [1.82, 2.24) is 0 Å². The van der Waals surface area contributed by atoms with Crippen LogP contribution in [-0.2, 0) is 23.7 Å². The Balaban J connectivity index is 1.88. The molecule has 3 heterocycles. The van der Waals surface area contributed by atoms with E-state index in [4.69, 9.17) is 23.7 Å². The molecule has 3 saturated heterocycles. The molecule has 6 heteroatoms. The van der Waals surface area contributed by atoms with Crippen LogP contribution in [0, 0.1) is 0 Å². The summed E-state index contributed by atoms with van der Waals surface area (Å²) in [5, 5.41) is 9.61. The van der Waals surface area contributed by atoms with Gasteiger partial charge in [0.1, 0.15) is 24.9 Å². The van der Waals surface area contributed by atoms with E-state index in [1.54, 1.807) is 13.8 Å². The Bertz CT molecular complexity index is 354. The topological polar surface area (TPSA) is 66.4 Å². The minimum absolute atomic E-state index is 0.266. The van der Waals surface area contributed by atoms with Crippen LogP contribution >= 0.6 is 0 Å². The maximum Gasteiger partial charge on any atom is 0.224 e. The number of aliphatic hydroxyl groups excluding tert-OH is 1. The standard InChI is InChI=1S/C12H20O6/c1-10(2)14-5-7-8(16-10)9-12(6-13,15-7)18-11(3,4)17-9/h7-9,13H,5-6H2,1-4H3/t7-,8+,9+,12-/m0/s1. The summed E-state index contributed by atoms with van der Waals surface area (Å²) in [4.78, 5) is 0. The summed E-state index contributed by atoms with van der Waals surface area (Å²) in [6, 6.07) is 0. The highest BCUT2D eigenvalue weighted by Gasteiger charge is 2.67. The Labute approximate surface area is 106 Å². The van der Waals surface area contributed by atoms with Crippen molar-refractivity contribution in [3.63, 3.8) is 0 Å². The maximum atomic E-state index is 9.61. The molecule has 0 aliphatic carbocycles. The van der Waals surface area contributed by atoms with E-state index in [1.165, 1.54) is 0 Å². The first kappa shape index (κ1) is 12.8. The summed E-state index contributed by atoms with van der Waals surface area (Å²) in [5.74, 6) is -2.60. The van der Waals surface area contributed by atoms with Crippen LogP contribution in [0.2, 0.25) is 0 Å². The van der Waals surface area contributed by atoms with Crippen molar-refractivity contribution in [2.24, 2.45) is 0 Å². The van der Waals surface area contributed by atoms with E-state index in [1.807, 2.05) is 13.8 Å². The molecule has 1 N–H and O–H groups in total. The Morgan fingerprint density at radius 1 is 1.06 bits per heavy atom. The first-order valence-electron chi connectivity index (χ1n) is 6.25. The fraction of sp³-hybridized carbons (Fsp3) is 1.00. The van der Waals surface area contributed by atoms with Gasteiger partial charge in [-0.1, -0.05) is 0 Å². The highest BCUT2D eigenvalue weighted by Crippen LogP contribution is 2.48. The highest BCUT2D eigenvalue weighted by molar-refractivity contribution is 5.04. The highest BCUT2D eigenvalue weighted by atomic mass is 16.9. The number of hydrogen-bond acceptors (Lipinski definition) is 6. The van der Waals surface area contributed by atoms with Gasteiger partial charge in [0.15, 0.2) is 11.6 Å². The van der Waals surface area contributed by atoms with Crippen molar-refractivity contribution < 1.29 is 28.8 Å². The first-order valence-corrected chi connectivity index (χ1v) is 6.25. The molecule has 6 nitrogen and oxygen atoms in total. The smallest absolute Gasteiger partial charge is 0.224 e. The van der Waals surface area contributed by atoms with E-state index >= 15 is 0 Å².